The van der Waals surface area contributed by atoms with Gasteiger partial charge in [0.1, 0.15) is 0 Å². The Morgan fingerprint density at radius 1 is 0.644 bits per heavy atom. The van der Waals surface area contributed by atoms with E-state index < -0.39 is 0 Å². The second-order valence-electron chi connectivity index (χ2n) is 19.6. The first-order chi connectivity index (χ1) is 21.7. The fraction of sp³-hybridized carbons (Fsp3) is 0.902. The monoisotopic (exact) mass is 648 g/mol. The van der Waals surface area contributed by atoms with Crippen LogP contribution >= 0.6 is 17.2 Å². The number of rotatable bonds is 7. The highest BCUT2D eigenvalue weighted by Crippen LogP contribution is 2.72. The molecule has 0 aromatic rings. The van der Waals surface area contributed by atoms with Gasteiger partial charge in [0.25, 0.3) is 0 Å². The molecule has 4 atom stereocenters. The van der Waals surface area contributed by atoms with Crippen molar-refractivity contribution in [2.75, 3.05) is 19.3 Å². The van der Waals surface area contributed by atoms with Gasteiger partial charge in [0.15, 0.2) is 0 Å². The van der Waals surface area contributed by atoms with Crippen molar-refractivity contribution < 1.29 is 0 Å². The van der Waals surface area contributed by atoms with Crippen molar-refractivity contribution in [3.05, 3.63) is 23.3 Å². The molecular weight excluding hydrogens is 582 g/mol. The van der Waals surface area contributed by atoms with E-state index in [9.17, 15) is 0 Å². The lowest BCUT2D eigenvalue weighted by molar-refractivity contribution is 0.0131. The van der Waals surface area contributed by atoms with Gasteiger partial charge in [-0.25, -0.2) is 0 Å². The highest BCUT2D eigenvalue weighted by Gasteiger charge is 2.58. The Bertz CT molecular complexity index is 1050. The average molecular weight is 649 g/mol. The Hall–Kier alpha value is 0.260. The van der Waals surface area contributed by atoms with E-state index in [4.69, 9.17) is 0 Å². The van der Waals surface area contributed by atoms with Gasteiger partial charge in [-0.3, -0.25) is 0 Å². The smallest absolute Gasteiger partial charge is 0.0402 e. The van der Waals surface area contributed by atoms with E-state index >= 15 is 0 Å². The quantitative estimate of drug-likeness (QED) is 0.269. The molecule has 250 valence electrons. The summed E-state index contributed by atoms with van der Waals surface area (Å²) in [5.74, 6) is 9.29. The van der Waals surface area contributed by atoms with E-state index in [1.54, 1.807) is 69.8 Å². The first-order valence-electron chi connectivity index (χ1n) is 20.2. The summed E-state index contributed by atoms with van der Waals surface area (Å²) in [6.07, 6.45) is 31.5. The molecule has 2 aliphatic heterocycles. The van der Waals surface area contributed by atoms with Crippen LogP contribution < -0.4 is 10.6 Å². The molecule has 11 rings (SSSR count). The molecule has 0 radical (unpaired) electrons. The fourth-order valence-corrected chi connectivity index (χ4v) is 19.8. The number of allylic oxidation sites excluding steroid dienone is 3. The molecule has 2 nitrogen and oxygen atoms in total. The number of nitrogens with one attached hydrogen (secondary N) is 2. The van der Waals surface area contributed by atoms with Gasteiger partial charge in [0, 0.05) is 23.2 Å². The molecule has 9 aliphatic carbocycles. The Labute approximate surface area is 280 Å². The maximum atomic E-state index is 4.15. The molecular formula is C41H66N2P2. The fourth-order valence-electron chi connectivity index (χ4n) is 14.3. The molecule has 2 N–H and O–H groups in total. The van der Waals surface area contributed by atoms with E-state index in [2.05, 4.69) is 52.8 Å². The van der Waals surface area contributed by atoms with Gasteiger partial charge in [-0.05, 0) is 184 Å². The molecule has 2 saturated heterocycles. The minimum atomic E-state index is 0.00575. The molecule has 0 amide bonds. The van der Waals surface area contributed by atoms with Gasteiger partial charge < -0.3 is 10.6 Å². The van der Waals surface area contributed by atoms with E-state index in [1.165, 1.54) is 57.8 Å². The normalized spacial score (nSPS) is 49.1. The lowest BCUT2D eigenvalue weighted by Crippen LogP contribution is -2.61. The molecule has 10 fully saturated rings. The summed E-state index contributed by atoms with van der Waals surface area (Å²) in [5, 5.41) is 8.41. The minimum Gasteiger partial charge on any atom is -0.313 e. The van der Waals surface area contributed by atoms with Crippen LogP contribution in [0.5, 0.6) is 0 Å². The Balaban J connectivity index is 1.11. The standard InChI is InChI=1S/C41H66N2P2/c1-40(2,3)34-22-33(35(23-34)41(44,36-8-4-6-10-42-36)37-9-5-7-11-43-37)24-45(38-29-14-25-12-26(16-29)17-30(38)15-25)39-31-18-27-13-28(20-31)21-32(39)19-27/h22-23,25-32,34,36-39,42-43H,4-21,24,44H2,1-3H3. The summed E-state index contributed by atoms with van der Waals surface area (Å²) in [6, 6.07) is 1.16. The third-order valence-corrected chi connectivity index (χ3v) is 20.8. The van der Waals surface area contributed by atoms with Crippen LogP contribution in [0.15, 0.2) is 23.3 Å². The first kappa shape index (κ1) is 31.3. The molecule has 0 aromatic carbocycles. The molecule has 2 heterocycles. The largest absolute Gasteiger partial charge is 0.313 e. The summed E-state index contributed by atoms with van der Waals surface area (Å²) in [6.45, 7) is 9.97. The van der Waals surface area contributed by atoms with Gasteiger partial charge >= 0.3 is 0 Å². The molecule has 4 heteroatoms. The molecule has 4 unspecified atom stereocenters. The maximum Gasteiger partial charge on any atom is 0.0402 e. The number of hydrogen-bond acceptors (Lipinski definition) is 2. The Morgan fingerprint density at radius 3 is 1.47 bits per heavy atom. The van der Waals surface area contributed by atoms with Crippen LogP contribution in [-0.4, -0.2) is 47.8 Å². The zero-order chi connectivity index (χ0) is 30.5. The second-order valence-corrected chi connectivity index (χ2v) is 23.1. The summed E-state index contributed by atoms with van der Waals surface area (Å²) >= 11 is 0. The summed E-state index contributed by atoms with van der Waals surface area (Å²) in [7, 11) is 3.64. The van der Waals surface area contributed by atoms with Gasteiger partial charge in [-0.2, -0.15) is 0 Å². The van der Waals surface area contributed by atoms with Gasteiger partial charge in [-0.15, -0.1) is 9.24 Å². The van der Waals surface area contributed by atoms with Gasteiger partial charge in [0.05, 0.1) is 0 Å². The predicted octanol–water partition coefficient (Wildman–Crippen LogP) is 9.54. The molecule has 0 aromatic heterocycles. The maximum absolute atomic E-state index is 4.15. The zero-order valence-electron chi connectivity index (χ0n) is 29.1. The van der Waals surface area contributed by atoms with Crippen LogP contribution in [0.4, 0.5) is 0 Å². The lowest BCUT2D eigenvalue weighted by Gasteiger charge is -2.62. The van der Waals surface area contributed by atoms with Gasteiger partial charge in [-0.1, -0.05) is 53.7 Å². The van der Waals surface area contributed by atoms with Crippen LogP contribution in [0.1, 0.15) is 124 Å². The molecule has 8 bridgehead atoms. The van der Waals surface area contributed by atoms with Crippen molar-refractivity contribution in [1.29, 1.82) is 0 Å². The highest BCUT2D eigenvalue weighted by atomic mass is 31.1. The molecule has 8 saturated carbocycles. The van der Waals surface area contributed by atoms with Crippen molar-refractivity contribution in [2.24, 2.45) is 58.7 Å². The van der Waals surface area contributed by atoms with Crippen molar-refractivity contribution in [3.8, 4) is 0 Å². The van der Waals surface area contributed by atoms with Crippen LogP contribution in [-0.2, 0) is 0 Å². The summed E-state index contributed by atoms with van der Waals surface area (Å²) < 4.78 is 0. The summed E-state index contributed by atoms with van der Waals surface area (Å²) in [4.78, 5) is 0. The van der Waals surface area contributed by atoms with Crippen LogP contribution in [0.25, 0.3) is 0 Å². The van der Waals surface area contributed by atoms with Crippen LogP contribution in [0, 0.1) is 58.7 Å². The highest BCUT2D eigenvalue weighted by molar-refractivity contribution is 7.59. The topological polar surface area (TPSA) is 24.1 Å². The first-order valence-corrected chi connectivity index (χ1v) is 22.4. The zero-order valence-corrected chi connectivity index (χ0v) is 31.2. The minimum absolute atomic E-state index is 0.00575. The van der Waals surface area contributed by atoms with Gasteiger partial charge in [0.2, 0.25) is 0 Å². The van der Waals surface area contributed by atoms with E-state index in [0.29, 0.717) is 18.0 Å². The number of piperidine rings is 2. The third kappa shape index (κ3) is 5.47. The molecule has 45 heavy (non-hydrogen) atoms. The Kier molecular flexibility index (Phi) is 8.30. The predicted molar refractivity (Wildman–Crippen MR) is 196 cm³/mol. The number of hydrogen-bond donors (Lipinski definition) is 2. The van der Waals surface area contributed by atoms with E-state index in [-0.39, 0.29) is 18.5 Å². The van der Waals surface area contributed by atoms with E-state index in [0.717, 1.165) is 58.7 Å². The van der Waals surface area contributed by atoms with Crippen LogP contribution in [0.2, 0.25) is 0 Å². The average Bonchev–Trinajstić information content (AvgIpc) is 3.46. The van der Waals surface area contributed by atoms with Crippen molar-refractivity contribution in [1.82, 2.24) is 10.6 Å². The SMILES string of the molecule is CC(C)(C)C1C=C(CP(C2C3CC4CC(C3)CC2C4)C2C3CC4CC(C3)CC2C4)C(C(P)(C2CCCCN2)C2CCCCN2)=C1. The Morgan fingerprint density at radius 2 is 1.09 bits per heavy atom. The summed E-state index contributed by atoms with van der Waals surface area (Å²) in [5.41, 5.74) is 6.12. The molecule has 11 aliphatic rings. The second kappa shape index (κ2) is 11.9. The third-order valence-electron chi connectivity index (χ3n) is 15.8. The van der Waals surface area contributed by atoms with E-state index in [1.807, 2.05) is 5.57 Å². The van der Waals surface area contributed by atoms with Crippen molar-refractivity contribution >= 4 is 17.2 Å². The van der Waals surface area contributed by atoms with Crippen molar-refractivity contribution in [2.45, 2.75) is 152 Å². The van der Waals surface area contributed by atoms with Crippen LogP contribution in [0.3, 0.4) is 0 Å². The molecule has 0 spiro atoms. The lowest BCUT2D eigenvalue weighted by atomic mass is 9.55. The van der Waals surface area contributed by atoms with Crippen molar-refractivity contribution in [3.63, 3.8) is 0 Å².